The number of carbonyl (C=O) groups is 2. The quantitative estimate of drug-likeness (QED) is 0.588. The summed E-state index contributed by atoms with van der Waals surface area (Å²) < 4.78 is 14.0. The van der Waals surface area contributed by atoms with Crippen molar-refractivity contribution < 1.29 is 14.0 Å². The number of nitrogens with zero attached hydrogens (tertiary/aromatic N) is 1. The van der Waals surface area contributed by atoms with Gasteiger partial charge < -0.3 is 0 Å². The van der Waals surface area contributed by atoms with Gasteiger partial charge in [0.25, 0.3) is 11.1 Å². The van der Waals surface area contributed by atoms with E-state index in [0.717, 1.165) is 22.2 Å². The van der Waals surface area contributed by atoms with E-state index in [9.17, 15) is 14.0 Å². The first-order chi connectivity index (χ1) is 12.7. The molecule has 0 radical (unpaired) electrons. The molecule has 0 atom stereocenters. The number of rotatable bonds is 3. The summed E-state index contributed by atoms with van der Waals surface area (Å²) in [6, 6.07) is 12.1. The molecule has 1 heterocycles. The number of hydrogen-bond acceptors (Lipinski definition) is 3. The number of carbonyl (C=O) groups excluding carboxylic acids is 2. The van der Waals surface area contributed by atoms with Gasteiger partial charge in [-0.1, -0.05) is 62.7 Å². The van der Waals surface area contributed by atoms with E-state index in [2.05, 4.69) is 20.8 Å². The Morgan fingerprint density at radius 3 is 2.37 bits per heavy atom. The van der Waals surface area contributed by atoms with Crippen LogP contribution in [0.5, 0.6) is 0 Å². The van der Waals surface area contributed by atoms with Gasteiger partial charge in [-0.25, -0.2) is 4.39 Å². The van der Waals surface area contributed by atoms with E-state index in [0.29, 0.717) is 4.91 Å². The van der Waals surface area contributed by atoms with Crippen molar-refractivity contribution in [1.82, 2.24) is 4.90 Å². The van der Waals surface area contributed by atoms with E-state index in [1.54, 1.807) is 6.08 Å². The normalized spacial score (nSPS) is 16.5. The van der Waals surface area contributed by atoms with Crippen LogP contribution in [0.2, 0.25) is 5.02 Å². The van der Waals surface area contributed by atoms with Gasteiger partial charge in [-0.05, 0) is 46.5 Å². The highest BCUT2D eigenvalue weighted by Gasteiger charge is 2.35. The summed E-state index contributed by atoms with van der Waals surface area (Å²) in [6.45, 7) is 6.19. The van der Waals surface area contributed by atoms with Crippen LogP contribution in [0.3, 0.4) is 0 Å². The second-order valence-electron chi connectivity index (χ2n) is 7.34. The van der Waals surface area contributed by atoms with E-state index >= 15 is 0 Å². The molecule has 0 aliphatic carbocycles. The molecule has 0 bridgehead atoms. The monoisotopic (exact) mass is 403 g/mol. The minimum Gasteiger partial charge on any atom is -0.268 e. The predicted molar refractivity (Wildman–Crippen MR) is 108 cm³/mol. The molecule has 27 heavy (non-hydrogen) atoms. The van der Waals surface area contributed by atoms with Crippen LogP contribution in [-0.4, -0.2) is 16.0 Å². The minimum absolute atomic E-state index is 0.0371. The van der Waals surface area contributed by atoms with Crippen molar-refractivity contribution in [2.24, 2.45) is 0 Å². The molecule has 0 aromatic heterocycles. The zero-order valence-corrected chi connectivity index (χ0v) is 16.8. The lowest BCUT2D eigenvalue weighted by Gasteiger charge is -2.18. The molecule has 140 valence electrons. The standard InChI is InChI=1S/C21H19ClFNO2S/c1-21(2,3)14-9-7-13(8-10-14)11-18-19(25)24(20(26)27-18)12-15-16(22)5-4-6-17(15)23/h4-11H,12H2,1-3H3/b18-11-. The Balaban J connectivity index is 1.82. The molecule has 0 spiro atoms. The Bertz CT molecular complexity index is 912. The Morgan fingerprint density at radius 2 is 1.78 bits per heavy atom. The van der Waals surface area contributed by atoms with Crippen LogP contribution >= 0.6 is 23.4 Å². The van der Waals surface area contributed by atoms with E-state index in [-0.39, 0.29) is 22.5 Å². The third-order valence-electron chi connectivity index (χ3n) is 4.33. The van der Waals surface area contributed by atoms with E-state index in [1.165, 1.54) is 23.8 Å². The molecule has 2 aromatic rings. The van der Waals surface area contributed by atoms with Crippen molar-refractivity contribution in [2.75, 3.05) is 0 Å². The average molecular weight is 404 g/mol. The maximum absolute atomic E-state index is 14.0. The molecule has 3 rings (SSSR count). The molecule has 1 aliphatic rings. The van der Waals surface area contributed by atoms with Gasteiger partial charge in [0.1, 0.15) is 5.82 Å². The highest BCUT2D eigenvalue weighted by Crippen LogP contribution is 2.35. The third kappa shape index (κ3) is 4.25. The summed E-state index contributed by atoms with van der Waals surface area (Å²) in [5, 5.41) is -0.243. The minimum atomic E-state index is -0.539. The number of thioether (sulfide) groups is 1. The van der Waals surface area contributed by atoms with Crippen molar-refractivity contribution >= 4 is 40.6 Å². The van der Waals surface area contributed by atoms with Crippen LogP contribution in [0.1, 0.15) is 37.5 Å². The largest absolute Gasteiger partial charge is 0.293 e. The first-order valence-electron chi connectivity index (χ1n) is 8.45. The SMILES string of the molecule is CC(C)(C)c1ccc(/C=C2\SC(=O)N(Cc3c(F)cccc3Cl)C2=O)cc1. The molecular formula is C21H19ClFNO2S. The van der Waals surface area contributed by atoms with Crippen molar-refractivity contribution in [2.45, 2.75) is 32.7 Å². The Kier molecular flexibility index (Phi) is 5.45. The van der Waals surface area contributed by atoms with E-state index in [1.807, 2.05) is 24.3 Å². The lowest BCUT2D eigenvalue weighted by Crippen LogP contribution is -2.28. The highest BCUT2D eigenvalue weighted by molar-refractivity contribution is 8.18. The third-order valence-corrected chi connectivity index (χ3v) is 5.59. The summed E-state index contributed by atoms with van der Waals surface area (Å²) in [5.41, 5.74) is 2.19. The number of benzene rings is 2. The summed E-state index contributed by atoms with van der Waals surface area (Å²) in [7, 11) is 0. The molecule has 2 amide bonds. The fraction of sp³-hybridized carbons (Fsp3) is 0.238. The first kappa shape index (κ1) is 19.6. The number of imide groups is 1. The molecule has 1 aliphatic heterocycles. The van der Waals surface area contributed by atoms with Gasteiger partial charge in [0.2, 0.25) is 0 Å². The van der Waals surface area contributed by atoms with Gasteiger partial charge in [0, 0.05) is 10.6 Å². The second-order valence-corrected chi connectivity index (χ2v) is 8.74. The van der Waals surface area contributed by atoms with Crippen molar-refractivity contribution in [1.29, 1.82) is 0 Å². The molecule has 1 fully saturated rings. The van der Waals surface area contributed by atoms with Crippen molar-refractivity contribution in [3.63, 3.8) is 0 Å². The van der Waals surface area contributed by atoms with Crippen LogP contribution in [0.4, 0.5) is 9.18 Å². The predicted octanol–water partition coefficient (Wildman–Crippen LogP) is 6.01. The van der Waals surface area contributed by atoms with Gasteiger partial charge >= 0.3 is 0 Å². The van der Waals surface area contributed by atoms with Gasteiger partial charge in [0.15, 0.2) is 0 Å². The number of hydrogen-bond donors (Lipinski definition) is 0. The average Bonchev–Trinajstić information content (AvgIpc) is 2.85. The molecule has 0 N–H and O–H groups in total. The summed E-state index contributed by atoms with van der Waals surface area (Å²) in [6.07, 6.45) is 1.68. The summed E-state index contributed by atoms with van der Waals surface area (Å²) in [5.74, 6) is -0.979. The fourth-order valence-electron chi connectivity index (χ4n) is 2.71. The second kappa shape index (κ2) is 7.49. The zero-order chi connectivity index (χ0) is 19.8. The molecule has 6 heteroatoms. The lowest BCUT2D eigenvalue weighted by atomic mass is 9.87. The number of halogens is 2. The lowest BCUT2D eigenvalue weighted by molar-refractivity contribution is -0.123. The van der Waals surface area contributed by atoms with Crippen molar-refractivity contribution in [3.8, 4) is 0 Å². The van der Waals surface area contributed by atoms with E-state index in [4.69, 9.17) is 11.6 Å². The van der Waals surface area contributed by atoms with Gasteiger partial charge in [-0.15, -0.1) is 0 Å². The summed E-state index contributed by atoms with van der Waals surface area (Å²) in [4.78, 5) is 26.2. The molecular weight excluding hydrogens is 385 g/mol. The first-order valence-corrected chi connectivity index (χ1v) is 9.65. The van der Waals surface area contributed by atoms with Crippen LogP contribution < -0.4 is 0 Å². The van der Waals surface area contributed by atoms with Crippen LogP contribution in [0.15, 0.2) is 47.4 Å². The van der Waals surface area contributed by atoms with E-state index < -0.39 is 17.0 Å². The molecule has 0 saturated carbocycles. The van der Waals surface area contributed by atoms with Crippen LogP contribution in [0, 0.1) is 5.82 Å². The maximum Gasteiger partial charge on any atom is 0.293 e. The van der Waals surface area contributed by atoms with Crippen molar-refractivity contribution in [3.05, 3.63) is 74.9 Å². The van der Waals surface area contributed by atoms with Crippen LogP contribution in [0.25, 0.3) is 6.08 Å². The van der Waals surface area contributed by atoms with Gasteiger partial charge in [0.05, 0.1) is 11.4 Å². The molecule has 3 nitrogen and oxygen atoms in total. The maximum atomic E-state index is 14.0. The Hall–Kier alpha value is -2.11. The topological polar surface area (TPSA) is 37.4 Å². The zero-order valence-electron chi connectivity index (χ0n) is 15.3. The molecule has 2 aromatic carbocycles. The summed E-state index contributed by atoms with van der Waals surface area (Å²) >= 11 is 6.86. The highest BCUT2D eigenvalue weighted by atomic mass is 35.5. The van der Waals surface area contributed by atoms with Crippen LogP contribution in [-0.2, 0) is 16.8 Å². The molecule has 0 unspecified atom stereocenters. The smallest absolute Gasteiger partial charge is 0.268 e. The van der Waals surface area contributed by atoms with Gasteiger partial charge in [-0.2, -0.15) is 0 Å². The molecule has 1 saturated heterocycles. The van der Waals surface area contributed by atoms with Gasteiger partial charge in [-0.3, -0.25) is 14.5 Å². The Labute approximate surface area is 167 Å². The number of amides is 2. The Morgan fingerprint density at radius 1 is 1.11 bits per heavy atom. The fourth-order valence-corrected chi connectivity index (χ4v) is 3.77.